The third kappa shape index (κ3) is 0.925. The molecule has 2 unspecified atom stereocenters. The van der Waals surface area contributed by atoms with Gasteiger partial charge >= 0.3 is 0 Å². The van der Waals surface area contributed by atoms with Crippen LogP contribution in [0.15, 0.2) is 47.0 Å². The Labute approximate surface area is 115 Å². The highest BCUT2D eigenvalue weighted by Crippen LogP contribution is 2.67. The standard InChI is InChI=1S/C17H13Br/c18-14-8-7-13-15-11(14)5-2-6-12(15)16-9-3-1-4-10(9)17(13)16/h1-2,4-10,16-17H,3H2/t9?,10?,16-,17+/m1/s1. The van der Waals surface area contributed by atoms with Crippen molar-refractivity contribution in [2.45, 2.75) is 18.3 Å². The summed E-state index contributed by atoms with van der Waals surface area (Å²) in [6.45, 7) is 0. The maximum absolute atomic E-state index is 3.70. The van der Waals surface area contributed by atoms with Crippen molar-refractivity contribution < 1.29 is 0 Å². The Bertz CT molecular complexity index is 713. The van der Waals surface area contributed by atoms with Crippen molar-refractivity contribution in [1.82, 2.24) is 0 Å². The second-order valence-corrected chi connectivity index (χ2v) is 6.72. The van der Waals surface area contributed by atoms with Gasteiger partial charge in [-0.15, -0.1) is 0 Å². The molecule has 0 N–H and O–H groups in total. The molecular weight excluding hydrogens is 284 g/mol. The maximum atomic E-state index is 3.70. The van der Waals surface area contributed by atoms with Crippen LogP contribution in [0, 0.1) is 11.8 Å². The van der Waals surface area contributed by atoms with Crippen molar-refractivity contribution in [3.63, 3.8) is 0 Å². The zero-order valence-corrected chi connectivity index (χ0v) is 11.5. The largest absolute Gasteiger partial charge is 0.0879 e. The van der Waals surface area contributed by atoms with Crippen LogP contribution in [0.4, 0.5) is 0 Å². The zero-order valence-electron chi connectivity index (χ0n) is 9.94. The molecule has 0 amide bonds. The van der Waals surface area contributed by atoms with Gasteiger partial charge in [-0.1, -0.05) is 52.3 Å². The van der Waals surface area contributed by atoms with Crippen molar-refractivity contribution in [1.29, 1.82) is 0 Å². The molecule has 0 spiro atoms. The van der Waals surface area contributed by atoms with Crippen LogP contribution < -0.4 is 0 Å². The molecule has 0 nitrogen and oxygen atoms in total. The highest BCUT2D eigenvalue weighted by atomic mass is 79.9. The highest BCUT2D eigenvalue weighted by Gasteiger charge is 2.55. The third-order valence-corrected chi connectivity index (χ3v) is 5.99. The Morgan fingerprint density at radius 1 is 1.00 bits per heavy atom. The molecular formula is C17H13Br. The number of benzene rings is 2. The van der Waals surface area contributed by atoms with E-state index in [0.29, 0.717) is 0 Å². The van der Waals surface area contributed by atoms with Gasteiger partial charge in [0.05, 0.1) is 0 Å². The normalized spacial score (nSPS) is 34.5. The molecule has 0 bridgehead atoms. The van der Waals surface area contributed by atoms with Crippen molar-refractivity contribution in [2.24, 2.45) is 11.8 Å². The Morgan fingerprint density at radius 2 is 1.89 bits per heavy atom. The molecule has 2 aromatic rings. The van der Waals surface area contributed by atoms with Crippen LogP contribution in [-0.2, 0) is 0 Å². The van der Waals surface area contributed by atoms with Crippen LogP contribution in [-0.4, -0.2) is 0 Å². The zero-order chi connectivity index (χ0) is 11.9. The van der Waals surface area contributed by atoms with Crippen LogP contribution in [0.1, 0.15) is 29.4 Å². The van der Waals surface area contributed by atoms with Gasteiger partial charge in [0.15, 0.2) is 0 Å². The molecule has 0 radical (unpaired) electrons. The van der Waals surface area contributed by atoms with E-state index in [1.165, 1.54) is 16.3 Å². The molecule has 1 heteroatoms. The number of halogens is 1. The van der Waals surface area contributed by atoms with E-state index in [0.717, 1.165) is 23.7 Å². The van der Waals surface area contributed by atoms with Gasteiger partial charge in [-0.05, 0) is 58.1 Å². The first-order valence-corrected chi connectivity index (χ1v) is 7.53. The molecule has 0 heterocycles. The number of allylic oxidation sites excluding steroid dienone is 2. The SMILES string of the molecule is Brc1ccc2c3c(cccc13)[C@H]1C3CC=CC3[C@@H]21. The summed E-state index contributed by atoms with van der Waals surface area (Å²) < 4.78 is 1.24. The Balaban J connectivity index is 1.87. The summed E-state index contributed by atoms with van der Waals surface area (Å²) in [6.07, 6.45) is 6.15. The first kappa shape index (κ1) is 9.80. The van der Waals surface area contributed by atoms with Crippen LogP contribution >= 0.6 is 15.9 Å². The second-order valence-electron chi connectivity index (χ2n) is 5.86. The minimum absolute atomic E-state index is 0.766. The topological polar surface area (TPSA) is 0 Å². The van der Waals surface area contributed by atoms with Crippen LogP contribution in [0.25, 0.3) is 10.8 Å². The lowest BCUT2D eigenvalue weighted by atomic mass is 9.57. The first-order valence-electron chi connectivity index (χ1n) is 6.74. The summed E-state index contributed by atoms with van der Waals surface area (Å²) in [4.78, 5) is 0. The van der Waals surface area contributed by atoms with Crippen LogP contribution in [0.2, 0.25) is 0 Å². The molecule has 88 valence electrons. The molecule has 0 aliphatic heterocycles. The molecule has 1 fully saturated rings. The summed E-state index contributed by atoms with van der Waals surface area (Å²) >= 11 is 3.70. The molecule has 3 aliphatic carbocycles. The van der Waals surface area contributed by atoms with E-state index in [2.05, 4.69) is 58.4 Å². The van der Waals surface area contributed by atoms with Gasteiger partial charge < -0.3 is 0 Å². The summed E-state index contributed by atoms with van der Waals surface area (Å²) in [5.41, 5.74) is 3.21. The van der Waals surface area contributed by atoms with Gasteiger partial charge in [-0.2, -0.15) is 0 Å². The maximum Gasteiger partial charge on any atom is 0.0254 e. The predicted molar refractivity (Wildman–Crippen MR) is 77.9 cm³/mol. The van der Waals surface area contributed by atoms with E-state index < -0.39 is 0 Å². The number of hydrogen-bond donors (Lipinski definition) is 0. The molecule has 18 heavy (non-hydrogen) atoms. The van der Waals surface area contributed by atoms with E-state index >= 15 is 0 Å². The molecule has 0 saturated heterocycles. The van der Waals surface area contributed by atoms with Gasteiger partial charge in [0.1, 0.15) is 0 Å². The lowest BCUT2D eigenvalue weighted by Gasteiger charge is -2.46. The van der Waals surface area contributed by atoms with E-state index in [4.69, 9.17) is 0 Å². The summed E-state index contributed by atoms with van der Waals surface area (Å²) in [7, 11) is 0. The average Bonchev–Trinajstić information content (AvgIpc) is 2.88. The van der Waals surface area contributed by atoms with E-state index in [9.17, 15) is 0 Å². The fourth-order valence-electron chi connectivity index (χ4n) is 4.63. The van der Waals surface area contributed by atoms with Crippen molar-refractivity contribution >= 4 is 26.7 Å². The second kappa shape index (κ2) is 3.08. The van der Waals surface area contributed by atoms with Crippen LogP contribution in [0.5, 0.6) is 0 Å². The summed E-state index contributed by atoms with van der Waals surface area (Å²) in [5, 5.41) is 2.95. The van der Waals surface area contributed by atoms with E-state index in [1.807, 2.05) is 0 Å². The average molecular weight is 297 g/mol. The van der Waals surface area contributed by atoms with E-state index in [-0.39, 0.29) is 0 Å². The summed E-state index contributed by atoms with van der Waals surface area (Å²) in [5.74, 6) is 3.25. The Morgan fingerprint density at radius 3 is 2.83 bits per heavy atom. The first-order chi connectivity index (χ1) is 8.86. The van der Waals surface area contributed by atoms with Gasteiger partial charge in [-0.3, -0.25) is 0 Å². The predicted octanol–water partition coefficient (Wildman–Crippen LogP) is 4.99. The van der Waals surface area contributed by atoms with Gasteiger partial charge in [0, 0.05) is 4.47 Å². The lowest BCUT2D eigenvalue weighted by molar-refractivity contribution is 0.157. The van der Waals surface area contributed by atoms with Gasteiger partial charge in [0.25, 0.3) is 0 Å². The molecule has 3 aliphatic rings. The van der Waals surface area contributed by atoms with Gasteiger partial charge in [0.2, 0.25) is 0 Å². The summed E-state index contributed by atoms with van der Waals surface area (Å²) in [6, 6.07) is 11.4. The monoisotopic (exact) mass is 296 g/mol. The fraction of sp³-hybridized carbons (Fsp3) is 0.294. The molecule has 4 atom stereocenters. The highest BCUT2D eigenvalue weighted by molar-refractivity contribution is 9.10. The number of hydrogen-bond acceptors (Lipinski definition) is 0. The molecule has 5 rings (SSSR count). The Kier molecular flexibility index (Phi) is 1.68. The molecule has 0 aromatic heterocycles. The lowest BCUT2D eigenvalue weighted by Crippen LogP contribution is -2.37. The smallest absolute Gasteiger partial charge is 0.0254 e. The van der Waals surface area contributed by atoms with E-state index in [1.54, 1.807) is 16.5 Å². The molecule has 1 saturated carbocycles. The van der Waals surface area contributed by atoms with Crippen LogP contribution in [0.3, 0.4) is 0 Å². The fourth-order valence-corrected chi connectivity index (χ4v) is 5.10. The number of fused-ring (bicyclic) bond motifs is 6. The third-order valence-electron chi connectivity index (χ3n) is 5.29. The van der Waals surface area contributed by atoms with Gasteiger partial charge in [-0.25, -0.2) is 0 Å². The molecule has 2 aromatic carbocycles. The number of rotatable bonds is 0. The van der Waals surface area contributed by atoms with Crippen molar-refractivity contribution in [3.8, 4) is 0 Å². The van der Waals surface area contributed by atoms with Crippen molar-refractivity contribution in [2.75, 3.05) is 0 Å². The Hall–Kier alpha value is -1.08. The van der Waals surface area contributed by atoms with Crippen molar-refractivity contribution in [3.05, 3.63) is 58.1 Å². The quantitative estimate of drug-likeness (QED) is 0.601. The minimum Gasteiger partial charge on any atom is -0.0879 e. The minimum atomic E-state index is 0.766.